The van der Waals surface area contributed by atoms with E-state index in [-0.39, 0.29) is 0 Å². The molecule has 1 saturated heterocycles. The van der Waals surface area contributed by atoms with Gasteiger partial charge in [0.25, 0.3) is 0 Å². The Morgan fingerprint density at radius 2 is 2.29 bits per heavy atom. The molecule has 1 fully saturated rings. The first-order valence-electron chi connectivity index (χ1n) is 6.53. The summed E-state index contributed by atoms with van der Waals surface area (Å²) in [6.45, 7) is 2.27. The van der Waals surface area contributed by atoms with Gasteiger partial charge in [-0.05, 0) is 50.3 Å². The molecular formula is C15H20N2. The van der Waals surface area contributed by atoms with Crippen molar-refractivity contribution in [3.8, 4) is 6.07 Å². The number of nitriles is 1. The lowest BCUT2D eigenvalue weighted by Gasteiger charge is -2.28. The molecule has 2 unspecified atom stereocenters. The maximum atomic E-state index is 8.85. The molecule has 90 valence electrons. The van der Waals surface area contributed by atoms with Gasteiger partial charge in [-0.3, -0.25) is 0 Å². The molecule has 2 rings (SSSR count). The monoisotopic (exact) mass is 228 g/mol. The fourth-order valence-corrected chi connectivity index (χ4v) is 2.60. The highest BCUT2D eigenvalue weighted by Crippen LogP contribution is 2.17. The number of hydrogen-bond acceptors (Lipinski definition) is 2. The minimum absolute atomic E-state index is 0.657. The molecule has 0 radical (unpaired) electrons. The second-order valence-corrected chi connectivity index (χ2v) is 5.05. The van der Waals surface area contributed by atoms with E-state index in [0.29, 0.717) is 12.1 Å². The molecule has 0 spiro atoms. The van der Waals surface area contributed by atoms with Crippen LogP contribution in [-0.2, 0) is 6.42 Å². The summed E-state index contributed by atoms with van der Waals surface area (Å²) in [5.74, 6) is 0. The zero-order valence-electron chi connectivity index (χ0n) is 10.4. The lowest BCUT2D eigenvalue weighted by atomic mass is 9.94. The zero-order valence-corrected chi connectivity index (χ0v) is 10.4. The number of nitrogens with one attached hydrogen (secondary N) is 1. The van der Waals surface area contributed by atoms with E-state index in [9.17, 15) is 0 Å². The summed E-state index contributed by atoms with van der Waals surface area (Å²) in [7, 11) is 0. The molecule has 1 aromatic rings. The first kappa shape index (κ1) is 12.1. The van der Waals surface area contributed by atoms with Crippen LogP contribution >= 0.6 is 0 Å². The second kappa shape index (κ2) is 5.84. The van der Waals surface area contributed by atoms with E-state index in [1.165, 1.54) is 31.2 Å². The van der Waals surface area contributed by atoms with Gasteiger partial charge in [0, 0.05) is 12.1 Å². The normalized spacial score (nSPS) is 24.2. The Balaban J connectivity index is 1.87. The van der Waals surface area contributed by atoms with Crippen LogP contribution in [0.5, 0.6) is 0 Å². The predicted octanol–water partition coefficient (Wildman–Crippen LogP) is 3.02. The van der Waals surface area contributed by atoms with Crippen molar-refractivity contribution in [2.45, 2.75) is 51.1 Å². The quantitative estimate of drug-likeness (QED) is 0.863. The Labute approximate surface area is 104 Å². The lowest BCUT2D eigenvalue weighted by molar-refractivity contribution is 0.322. The van der Waals surface area contributed by atoms with Crippen LogP contribution in [0.3, 0.4) is 0 Å². The van der Waals surface area contributed by atoms with Crippen molar-refractivity contribution in [3.63, 3.8) is 0 Å². The SMILES string of the molecule is CC1CCCC(CCc2cccc(C#N)c2)N1. The number of piperidine rings is 1. The van der Waals surface area contributed by atoms with E-state index in [1.807, 2.05) is 18.2 Å². The summed E-state index contributed by atoms with van der Waals surface area (Å²) in [4.78, 5) is 0. The molecular weight excluding hydrogens is 208 g/mol. The summed E-state index contributed by atoms with van der Waals surface area (Å²) in [6, 6.07) is 11.5. The van der Waals surface area contributed by atoms with E-state index in [0.717, 1.165) is 12.0 Å². The Morgan fingerprint density at radius 3 is 3.06 bits per heavy atom. The maximum absolute atomic E-state index is 8.85. The fourth-order valence-electron chi connectivity index (χ4n) is 2.60. The minimum Gasteiger partial charge on any atom is -0.311 e. The molecule has 2 atom stereocenters. The van der Waals surface area contributed by atoms with Crippen molar-refractivity contribution < 1.29 is 0 Å². The van der Waals surface area contributed by atoms with E-state index in [4.69, 9.17) is 5.26 Å². The average molecular weight is 228 g/mol. The average Bonchev–Trinajstić information content (AvgIpc) is 2.37. The molecule has 1 aromatic carbocycles. The van der Waals surface area contributed by atoms with Crippen molar-refractivity contribution in [2.75, 3.05) is 0 Å². The molecule has 0 amide bonds. The molecule has 1 aliphatic heterocycles. The van der Waals surface area contributed by atoms with E-state index >= 15 is 0 Å². The van der Waals surface area contributed by atoms with Crippen molar-refractivity contribution in [2.24, 2.45) is 0 Å². The van der Waals surface area contributed by atoms with Crippen LogP contribution in [0, 0.1) is 11.3 Å². The van der Waals surface area contributed by atoms with Gasteiger partial charge in [-0.25, -0.2) is 0 Å². The number of nitrogens with zero attached hydrogens (tertiary/aromatic N) is 1. The number of rotatable bonds is 3. The van der Waals surface area contributed by atoms with Crippen LogP contribution in [0.25, 0.3) is 0 Å². The largest absolute Gasteiger partial charge is 0.311 e. The minimum atomic E-state index is 0.657. The maximum Gasteiger partial charge on any atom is 0.0991 e. The molecule has 0 saturated carbocycles. The highest BCUT2D eigenvalue weighted by Gasteiger charge is 2.17. The van der Waals surface area contributed by atoms with Gasteiger partial charge in [-0.2, -0.15) is 5.26 Å². The van der Waals surface area contributed by atoms with Crippen molar-refractivity contribution in [1.82, 2.24) is 5.32 Å². The van der Waals surface area contributed by atoms with E-state index in [2.05, 4.69) is 24.4 Å². The molecule has 0 bridgehead atoms. The van der Waals surface area contributed by atoms with Crippen LogP contribution in [0.2, 0.25) is 0 Å². The predicted molar refractivity (Wildman–Crippen MR) is 69.7 cm³/mol. The Bertz CT molecular complexity index is 406. The molecule has 1 N–H and O–H groups in total. The molecule has 2 heteroatoms. The Morgan fingerprint density at radius 1 is 1.41 bits per heavy atom. The summed E-state index contributed by atoms with van der Waals surface area (Å²) in [5, 5.41) is 12.5. The molecule has 1 heterocycles. The zero-order chi connectivity index (χ0) is 12.1. The Kier molecular flexibility index (Phi) is 4.17. The van der Waals surface area contributed by atoms with Crippen LogP contribution in [0.15, 0.2) is 24.3 Å². The summed E-state index contributed by atoms with van der Waals surface area (Å²) >= 11 is 0. The van der Waals surface area contributed by atoms with Gasteiger partial charge in [0.2, 0.25) is 0 Å². The first-order chi connectivity index (χ1) is 8.28. The van der Waals surface area contributed by atoms with Crippen LogP contribution in [0.1, 0.15) is 43.7 Å². The van der Waals surface area contributed by atoms with Gasteiger partial charge in [0.1, 0.15) is 0 Å². The fraction of sp³-hybridized carbons (Fsp3) is 0.533. The summed E-state index contributed by atoms with van der Waals surface area (Å²) in [5.41, 5.74) is 2.05. The van der Waals surface area contributed by atoms with Crippen molar-refractivity contribution >= 4 is 0 Å². The topological polar surface area (TPSA) is 35.8 Å². The number of hydrogen-bond donors (Lipinski definition) is 1. The number of benzene rings is 1. The van der Waals surface area contributed by atoms with Crippen LogP contribution < -0.4 is 5.32 Å². The second-order valence-electron chi connectivity index (χ2n) is 5.05. The van der Waals surface area contributed by atoms with Gasteiger partial charge in [-0.15, -0.1) is 0 Å². The molecule has 2 nitrogen and oxygen atoms in total. The third-order valence-electron chi connectivity index (χ3n) is 3.55. The van der Waals surface area contributed by atoms with Gasteiger partial charge in [-0.1, -0.05) is 18.6 Å². The third-order valence-corrected chi connectivity index (χ3v) is 3.55. The van der Waals surface area contributed by atoms with Gasteiger partial charge >= 0.3 is 0 Å². The van der Waals surface area contributed by atoms with Gasteiger partial charge < -0.3 is 5.32 Å². The third kappa shape index (κ3) is 3.57. The standard InChI is InChI=1S/C15H20N2/c1-12-4-2-7-15(17-12)9-8-13-5-3-6-14(10-13)11-16/h3,5-6,10,12,15,17H,2,4,7-9H2,1H3. The summed E-state index contributed by atoms with van der Waals surface area (Å²) < 4.78 is 0. The highest BCUT2D eigenvalue weighted by molar-refractivity contribution is 5.32. The van der Waals surface area contributed by atoms with E-state index < -0.39 is 0 Å². The van der Waals surface area contributed by atoms with Gasteiger partial charge in [0.05, 0.1) is 11.6 Å². The number of aryl methyl sites for hydroxylation is 1. The van der Waals surface area contributed by atoms with Crippen molar-refractivity contribution in [1.29, 1.82) is 5.26 Å². The highest BCUT2D eigenvalue weighted by atomic mass is 15.0. The molecule has 1 aliphatic rings. The summed E-state index contributed by atoms with van der Waals surface area (Å²) in [6.07, 6.45) is 6.19. The van der Waals surface area contributed by atoms with Gasteiger partial charge in [0.15, 0.2) is 0 Å². The molecule has 0 aliphatic carbocycles. The lowest BCUT2D eigenvalue weighted by Crippen LogP contribution is -2.40. The molecule has 17 heavy (non-hydrogen) atoms. The molecule has 0 aromatic heterocycles. The van der Waals surface area contributed by atoms with E-state index in [1.54, 1.807) is 0 Å². The van der Waals surface area contributed by atoms with Crippen molar-refractivity contribution in [3.05, 3.63) is 35.4 Å². The Hall–Kier alpha value is -1.33. The van der Waals surface area contributed by atoms with Crippen LogP contribution in [-0.4, -0.2) is 12.1 Å². The smallest absolute Gasteiger partial charge is 0.0991 e. The first-order valence-corrected chi connectivity index (χ1v) is 6.53. The van der Waals surface area contributed by atoms with Crippen LogP contribution in [0.4, 0.5) is 0 Å².